The minimum atomic E-state index is -0.374. The number of hydrogen-bond acceptors (Lipinski definition) is 3. The van der Waals surface area contributed by atoms with Gasteiger partial charge in [0, 0.05) is 19.0 Å². The first-order valence-corrected chi connectivity index (χ1v) is 8.48. The van der Waals surface area contributed by atoms with Crippen LogP contribution in [-0.2, 0) is 11.2 Å². The van der Waals surface area contributed by atoms with Gasteiger partial charge in [-0.15, -0.1) is 0 Å². The Morgan fingerprint density at radius 2 is 2.13 bits per heavy atom. The van der Waals surface area contributed by atoms with E-state index in [2.05, 4.69) is 12.2 Å². The molecule has 1 fully saturated rings. The normalized spacial score (nSPS) is 15.4. The zero-order valence-corrected chi connectivity index (χ0v) is 14.1. The van der Waals surface area contributed by atoms with Crippen LogP contribution in [0.4, 0.5) is 4.39 Å². The van der Waals surface area contributed by atoms with E-state index >= 15 is 0 Å². The lowest BCUT2D eigenvalue weighted by Gasteiger charge is -2.34. The Morgan fingerprint density at radius 3 is 2.74 bits per heavy atom. The molecule has 1 aromatic carbocycles. The first-order chi connectivity index (χ1) is 11.2. The molecule has 0 radical (unpaired) electrons. The average Bonchev–Trinajstić information content (AvgIpc) is 2.58. The molecule has 1 amide bonds. The van der Waals surface area contributed by atoms with Crippen LogP contribution in [0, 0.1) is 5.82 Å². The summed E-state index contributed by atoms with van der Waals surface area (Å²) in [6.45, 7) is 4.85. The van der Waals surface area contributed by atoms with Crippen molar-refractivity contribution in [1.29, 1.82) is 0 Å². The molecule has 0 aliphatic carbocycles. The summed E-state index contributed by atoms with van der Waals surface area (Å²) in [5.74, 6) is 0.0404. The van der Waals surface area contributed by atoms with Crippen molar-refractivity contribution in [2.75, 3.05) is 26.7 Å². The molecule has 5 heteroatoms. The maximum absolute atomic E-state index is 13.7. The predicted molar refractivity (Wildman–Crippen MR) is 89.2 cm³/mol. The number of benzene rings is 1. The lowest BCUT2D eigenvalue weighted by molar-refractivity contribution is -0.134. The Bertz CT molecular complexity index is 516. The predicted octanol–water partition coefficient (Wildman–Crippen LogP) is 2.76. The molecule has 1 aliphatic heterocycles. The number of halogens is 1. The number of amides is 1. The first-order valence-electron chi connectivity index (χ1n) is 8.48. The van der Waals surface area contributed by atoms with E-state index in [-0.39, 0.29) is 17.5 Å². The summed E-state index contributed by atoms with van der Waals surface area (Å²) in [4.78, 5) is 14.6. The number of ether oxygens (including phenoxy) is 1. The van der Waals surface area contributed by atoms with Gasteiger partial charge in [0.15, 0.2) is 11.6 Å². The van der Waals surface area contributed by atoms with E-state index in [1.54, 1.807) is 6.07 Å². The molecule has 2 rings (SSSR count). The maximum Gasteiger partial charge on any atom is 0.223 e. The highest BCUT2D eigenvalue weighted by Gasteiger charge is 2.24. The number of rotatable bonds is 7. The Balaban J connectivity index is 1.94. The molecule has 1 heterocycles. The summed E-state index contributed by atoms with van der Waals surface area (Å²) in [6, 6.07) is 5.24. The number of nitrogens with zero attached hydrogens (tertiary/aromatic N) is 1. The molecule has 0 saturated carbocycles. The molecule has 1 aromatic rings. The number of hydrogen-bond donors (Lipinski definition) is 1. The molecule has 0 spiro atoms. The van der Waals surface area contributed by atoms with Crippen LogP contribution < -0.4 is 10.1 Å². The second kappa shape index (κ2) is 8.87. The Morgan fingerprint density at radius 1 is 1.39 bits per heavy atom. The number of methoxy groups -OCH3 is 1. The van der Waals surface area contributed by atoms with Crippen LogP contribution in [-0.4, -0.2) is 43.6 Å². The molecule has 1 saturated heterocycles. The Kier molecular flexibility index (Phi) is 6.84. The quantitative estimate of drug-likeness (QED) is 0.839. The monoisotopic (exact) mass is 322 g/mol. The van der Waals surface area contributed by atoms with Gasteiger partial charge in [-0.3, -0.25) is 4.79 Å². The van der Waals surface area contributed by atoms with Crippen LogP contribution in [0.1, 0.15) is 38.2 Å². The molecule has 0 atom stereocenters. The lowest BCUT2D eigenvalue weighted by Crippen LogP contribution is -2.46. The van der Waals surface area contributed by atoms with E-state index in [0.717, 1.165) is 44.5 Å². The van der Waals surface area contributed by atoms with E-state index in [1.807, 2.05) is 11.0 Å². The largest absolute Gasteiger partial charge is 0.494 e. The SMILES string of the molecule is CCCN(C(=O)CCc1ccc(OC)c(F)c1)C1CCNCC1. The first kappa shape index (κ1) is 17.7. The van der Waals surface area contributed by atoms with Crippen molar-refractivity contribution in [1.82, 2.24) is 10.2 Å². The molecule has 0 bridgehead atoms. The molecule has 1 aliphatic rings. The molecule has 4 nitrogen and oxygen atoms in total. The average molecular weight is 322 g/mol. The Labute approximate surface area is 138 Å². The topological polar surface area (TPSA) is 41.6 Å². The number of carbonyl (C=O) groups excluding carboxylic acids is 1. The van der Waals surface area contributed by atoms with Crippen molar-refractivity contribution in [3.05, 3.63) is 29.6 Å². The van der Waals surface area contributed by atoms with Crippen LogP contribution in [0.3, 0.4) is 0 Å². The molecule has 128 valence electrons. The number of carbonyl (C=O) groups is 1. The fourth-order valence-electron chi connectivity index (χ4n) is 3.13. The molecular formula is C18H27FN2O2. The minimum Gasteiger partial charge on any atom is -0.494 e. The zero-order chi connectivity index (χ0) is 16.7. The number of nitrogens with one attached hydrogen (secondary N) is 1. The van der Waals surface area contributed by atoms with E-state index in [1.165, 1.54) is 13.2 Å². The number of aryl methyl sites for hydroxylation is 1. The van der Waals surface area contributed by atoms with E-state index in [0.29, 0.717) is 18.9 Å². The van der Waals surface area contributed by atoms with Crippen molar-refractivity contribution in [2.45, 2.75) is 45.1 Å². The molecule has 0 unspecified atom stereocenters. The fraction of sp³-hybridized carbons (Fsp3) is 0.611. The van der Waals surface area contributed by atoms with Crippen LogP contribution in [0.2, 0.25) is 0 Å². The van der Waals surface area contributed by atoms with Crippen molar-refractivity contribution >= 4 is 5.91 Å². The molecule has 1 N–H and O–H groups in total. The minimum absolute atomic E-state index is 0.176. The van der Waals surface area contributed by atoms with Gasteiger partial charge >= 0.3 is 0 Å². The zero-order valence-electron chi connectivity index (χ0n) is 14.1. The van der Waals surface area contributed by atoms with Gasteiger partial charge in [0.1, 0.15) is 0 Å². The van der Waals surface area contributed by atoms with Gasteiger partial charge in [0.2, 0.25) is 5.91 Å². The van der Waals surface area contributed by atoms with Crippen LogP contribution >= 0.6 is 0 Å². The van der Waals surface area contributed by atoms with Crippen molar-refractivity contribution in [2.24, 2.45) is 0 Å². The van der Waals surface area contributed by atoms with E-state index < -0.39 is 0 Å². The number of piperidine rings is 1. The Hall–Kier alpha value is -1.62. The summed E-state index contributed by atoms with van der Waals surface area (Å²) >= 11 is 0. The molecular weight excluding hydrogens is 295 g/mol. The van der Waals surface area contributed by atoms with Gasteiger partial charge in [-0.1, -0.05) is 13.0 Å². The third-order valence-corrected chi connectivity index (χ3v) is 4.38. The van der Waals surface area contributed by atoms with Crippen LogP contribution in [0.5, 0.6) is 5.75 Å². The van der Waals surface area contributed by atoms with Gasteiger partial charge in [0.05, 0.1) is 7.11 Å². The standard InChI is InChI=1S/C18H27FN2O2/c1-3-12-21(15-8-10-20-11-9-15)18(22)7-5-14-4-6-17(23-2)16(19)13-14/h4,6,13,15,20H,3,5,7-12H2,1-2H3. The summed E-state index contributed by atoms with van der Waals surface area (Å²) in [7, 11) is 1.45. The van der Waals surface area contributed by atoms with Gasteiger partial charge in [-0.2, -0.15) is 0 Å². The van der Waals surface area contributed by atoms with Crippen molar-refractivity contribution < 1.29 is 13.9 Å². The third kappa shape index (κ3) is 4.93. The smallest absolute Gasteiger partial charge is 0.223 e. The second-order valence-electron chi connectivity index (χ2n) is 6.04. The van der Waals surface area contributed by atoms with Crippen LogP contribution in [0.25, 0.3) is 0 Å². The maximum atomic E-state index is 13.7. The van der Waals surface area contributed by atoms with E-state index in [4.69, 9.17) is 4.74 Å². The van der Waals surface area contributed by atoms with Crippen LogP contribution in [0.15, 0.2) is 18.2 Å². The third-order valence-electron chi connectivity index (χ3n) is 4.38. The second-order valence-corrected chi connectivity index (χ2v) is 6.04. The molecule has 0 aromatic heterocycles. The summed E-state index contributed by atoms with van der Waals surface area (Å²) < 4.78 is 18.6. The highest BCUT2D eigenvalue weighted by molar-refractivity contribution is 5.76. The van der Waals surface area contributed by atoms with Gasteiger partial charge in [-0.25, -0.2) is 4.39 Å². The summed E-state index contributed by atoms with van der Waals surface area (Å²) in [6.07, 6.45) is 3.99. The van der Waals surface area contributed by atoms with Crippen molar-refractivity contribution in [3.8, 4) is 5.75 Å². The van der Waals surface area contributed by atoms with Gasteiger partial charge in [0.25, 0.3) is 0 Å². The highest BCUT2D eigenvalue weighted by Crippen LogP contribution is 2.19. The fourth-order valence-corrected chi connectivity index (χ4v) is 3.13. The summed E-state index contributed by atoms with van der Waals surface area (Å²) in [5.41, 5.74) is 0.832. The summed E-state index contributed by atoms with van der Waals surface area (Å²) in [5, 5.41) is 3.33. The highest BCUT2D eigenvalue weighted by atomic mass is 19.1. The van der Waals surface area contributed by atoms with Gasteiger partial charge in [-0.05, 0) is 56.5 Å². The van der Waals surface area contributed by atoms with Crippen molar-refractivity contribution in [3.63, 3.8) is 0 Å². The molecule has 23 heavy (non-hydrogen) atoms. The van der Waals surface area contributed by atoms with Gasteiger partial charge < -0.3 is 15.0 Å². The lowest BCUT2D eigenvalue weighted by atomic mass is 10.0. The van der Waals surface area contributed by atoms with E-state index in [9.17, 15) is 9.18 Å².